The highest BCUT2D eigenvalue weighted by atomic mass is 32.1. The zero-order chi connectivity index (χ0) is 12.1. The van der Waals surface area contributed by atoms with Crippen molar-refractivity contribution in [2.24, 2.45) is 11.7 Å². The second-order valence-electron chi connectivity index (χ2n) is 4.58. The van der Waals surface area contributed by atoms with Gasteiger partial charge >= 0.3 is 0 Å². The Hall–Kier alpha value is -0.610. The highest BCUT2D eigenvalue weighted by Crippen LogP contribution is 2.13. The van der Waals surface area contributed by atoms with E-state index in [0.717, 1.165) is 30.6 Å². The van der Waals surface area contributed by atoms with Gasteiger partial charge in [-0.2, -0.15) is 0 Å². The van der Waals surface area contributed by atoms with E-state index < -0.39 is 0 Å². The van der Waals surface area contributed by atoms with Crippen molar-refractivity contribution in [2.45, 2.75) is 46.6 Å². The number of nitrogens with one attached hydrogen (secondary N) is 1. The summed E-state index contributed by atoms with van der Waals surface area (Å²) in [7, 11) is 0. The molecule has 0 radical (unpaired) electrons. The molecule has 1 aromatic heterocycles. The maximum Gasteiger partial charge on any atom is 0.177 e. The number of nitrogens with zero attached hydrogens (tertiary/aromatic N) is 1. The molecule has 0 unspecified atom stereocenters. The van der Waals surface area contributed by atoms with E-state index in [1.807, 2.05) is 0 Å². The van der Waals surface area contributed by atoms with Gasteiger partial charge in [0.1, 0.15) is 0 Å². The van der Waals surface area contributed by atoms with Gasteiger partial charge in [-0.1, -0.05) is 20.8 Å². The summed E-state index contributed by atoms with van der Waals surface area (Å²) in [4.78, 5) is 3.29. The molecule has 0 aliphatic rings. The van der Waals surface area contributed by atoms with Crippen molar-refractivity contribution in [1.82, 2.24) is 9.55 Å². The first-order chi connectivity index (χ1) is 7.60. The lowest BCUT2D eigenvalue weighted by Crippen LogP contribution is -2.12. The molecule has 16 heavy (non-hydrogen) atoms. The fourth-order valence-electron chi connectivity index (χ4n) is 1.89. The maximum absolute atomic E-state index is 5.66. The van der Waals surface area contributed by atoms with Crippen molar-refractivity contribution in [3.63, 3.8) is 0 Å². The zero-order valence-electron chi connectivity index (χ0n) is 10.5. The van der Waals surface area contributed by atoms with Crippen LogP contribution in [-0.4, -0.2) is 16.1 Å². The minimum Gasteiger partial charge on any atom is -0.334 e. The highest BCUT2D eigenvalue weighted by Gasteiger charge is 2.10. The van der Waals surface area contributed by atoms with Gasteiger partial charge in [-0.05, 0) is 37.5 Å². The van der Waals surface area contributed by atoms with Gasteiger partial charge in [0, 0.05) is 24.4 Å². The number of aromatic amines is 1. The third kappa shape index (κ3) is 3.19. The SMILES string of the molecule is CCc1[nH]c(=S)n(CCC(C)C)c1CCN. The first kappa shape index (κ1) is 13.5. The molecule has 92 valence electrons. The summed E-state index contributed by atoms with van der Waals surface area (Å²) in [6, 6.07) is 0. The molecule has 4 heteroatoms. The molecule has 0 saturated carbocycles. The molecule has 0 fully saturated rings. The van der Waals surface area contributed by atoms with E-state index in [0.29, 0.717) is 12.5 Å². The highest BCUT2D eigenvalue weighted by molar-refractivity contribution is 7.71. The Labute approximate surface area is 103 Å². The normalized spacial score (nSPS) is 11.3. The summed E-state index contributed by atoms with van der Waals surface area (Å²) in [6.07, 6.45) is 3.06. The van der Waals surface area contributed by atoms with Gasteiger partial charge in [0.05, 0.1) is 0 Å². The number of nitrogens with two attached hydrogens (primary N) is 1. The summed E-state index contributed by atoms with van der Waals surface area (Å²) < 4.78 is 3.07. The molecule has 0 aromatic carbocycles. The van der Waals surface area contributed by atoms with Crippen LogP contribution in [0.25, 0.3) is 0 Å². The van der Waals surface area contributed by atoms with E-state index in [1.54, 1.807) is 0 Å². The second kappa shape index (κ2) is 6.21. The molecule has 0 amide bonds. The second-order valence-corrected chi connectivity index (χ2v) is 4.97. The summed E-state index contributed by atoms with van der Waals surface area (Å²) in [5.41, 5.74) is 8.21. The molecule has 1 heterocycles. The molecule has 3 N–H and O–H groups in total. The molecular weight excluding hydrogens is 218 g/mol. The number of rotatable bonds is 6. The van der Waals surface area contributed by atoms with Crippen LogP contribution in [0.1, 0.15) is 38.6 Å². The number of aryl methyl sites for hydroxylation is 1. The monoisotopic (exact) mass is 241 g/mol. The number of H-pyrrole nitrogens is 1. The number of imidazole rings is 1. The predicted octanol–water partition coefficient (Wildman–Crippen LogP) is 2.66. The van der Waals surface area contributed by atoms with Crippen LogP contribution in [0, 0.1) is 10.7 Å². The van der Waals surface area contributed by atoms with Gasteiger partial charge in [-0.3, -0.25) is 0 Å². The number of hydrogen-bond acceptors (Lipinski definition) is 2. The van der Waals surface area contributed by atoms with E-state index >= 15 is 0 Å². The van der Waals surface area contributed by atoms with E-state index in [2.05, 4.69) is 30.3 Å². The minimum atomic E-state index is 0.682. The first-order valence-corrected chi connectivity index (χ1v) is 6.51. The van der Waals surface area contributed by atoms with Gasteiger partial charge in [0.25, 0.3) is 0 Å². The Bertz CT molecular complexity index is 376. The Balaban J connectivity index is 2.95. The van der Waals surface area contributed by atoms with Crippen LogP contribution in [0.3, 0.4) is 0 Å². The quantitative estimate of drug-likeness (QED) is 0.752. The van der Waals surface area contributed by atoms with Crippen LogP contribution in [0.5, 0.6) is 0 Å². The van der Waals surface area contributed by atoms with Crippen LogP contribution < -0.4 is 5.73 Å². The fourth-order valence-corrected chi connectivity index (χ4v) is 2.22. The van der Waals surface area contributed by atoms with Gasteiger partial charge in [-0.25, -0.2) is 0 Å². The Kier molecular flexibility index (Phi) is 5.22. The van der Waals surface area contributed by atoms with Crippen molar-refractivity contribution in [2.75, 3.05) is 6.54 Å². The molecule has 1 rings (SSSR count). The lowest BCUT2D eigenvalue weighted by Gasteiger charge is -2.10. The third-order valence-corrected chi connectivity index (χ3v) is 3.16. The summed E-state index contributed by atoms with van der Waals surface area (Å²) in [5, 5.41) is 0. The fraction of sp³-hybridized carbons (Fsp3) is 0.750. The average Bonchev–Trinajstić information content (AvgIpc) is 2.53. The Morgan fingerprint density at radius 1 is 1.44 bits per heavy atom. The van der Waals surface area contributed by atoms with Crippen molar-refractivity contribution in [3.8, 4) is 0 Å². The molecule has 1 aromatic rings. The maximum atomic E-state index is 5.66. The van der Waals surface area contributed by atoms with E-state index in [4.69, 9.17) is 18.0 Å². The molecule has 0 spiro atoms. The van der Waals surface area contributed by atoms with Crippen LogP contribution in [0.15, 0.2) is 0 Å². The molecule has 3 nitrogen and oxygen atoms in total. The smallest absolute Gasteiger partial charge is 0.177 e. The van der Waals surface area contributed by atoms with Gasteiger partial charge in [0.2, 0.25) is 0 Å². The largest absolute Gasteiger partial charge is 0.334 e. The van der Waals surface area contributed by atoms with Crippen molar-refractivity contribution >= 4 is 12.2 Å². The van der Waals surface area contributed by atoms with Crippen LogP contribution in [0.4, 0.5) is 0 Å². The topological polar surface area (TPSA) is 46.7 Å². The lowest BCUT2D eigenvalue weighted by molar-refractivity contribution is 0.503. The summed E-state index contributed by atoms with van der Waals surface area (Å²) in [6.45, 7) is 8.30. The molecule has 0 saturated heterocycles. The van der Waals surface area contributed by atoms with Gasteiger partial charge in [-0.15, -0.1) is 0 Å². The standard InChI is InChI=1S/C12H23N3S/c1-4-10-11(5-7-13)15(12(16)14-10)8-6-9(2)3/h9H,4-8,13H2,1-3H3,(H,14,16). The van der Waals surface area contributed by atoms with E-state index in [-0.39, 0.29) is 0 Å². The molecule has 0 aliphatic carbocycles. The Morgan fingerprint density at radius 2 is 2.12 bits per heavy atom. The Morgan fingerprint density at radius 3 is 2.62 bits per heavy atom. The van der Waals surface area contributed by atoms with E-state index in [9.17, 15) is 0 Å². The predicted molar refractivity (Wildman–Crippen MR) is 71.2 cm³/mol. The molecule has 0 bridgehead atoms. The molecule has 0 aliphatic heterocycles. The van der Waals surface area contributed by atoms with Gasteiger partial charge < -0.3 is 15.3 Å². The summed E-state index contributed by atoms with van der Waals surface area (Å²) >= 11 is 5.36. The van der Waals surface area contributed by atoms with Crippen LogP contribution in [0.2, 0.25) is 0 Å². The zero-order valence-corrected chi connectivity index (χ0v) is 11.4. The first-order valence-electron chi connectivity index (χ1n) is 6.10. The van der Waals surface area contributed by atoms with Crippen molar-refractivity contribution < 1.29 is 0 Å². The number of aromatic nitrogens is 2. The molecular formula is C12H23N3S. The third-order valence-electron chi connectivity index (χ3n) is 2.84. The molecule has 0 atom stereocenters. The summed E-state index contributed by atoms with van der Waals surface area (Å²) in [5.74, 6) is 0.701. The van der Waals surface area contributed by atoms with Gasteiger partial charge in [0.15, 0.2) is 4.77 Å². The minimum absolute atomic E-state index is 0.682. The number of hydrogen-bond donors (Lipinski definition) is 2. The van der Waals surface area contributed by atoms with Crippen molar-refractivity contribution in [3.05, 3.63) is 16.2 Å². The van der Waals surface area contributed by atoms with Crippen LogP contribution >= 0.6 is 12.2 Å². The lowest BCUT2D eigenvalue weighted by atomic mass is 10.1. The van der Waals surface area contributed by atoms with E-state index in [1.165, 1.54) is 11.4 Å². The van der Waals surface area contributed by atoms with Crippen LogP contribution in [-0.2, 0) is 19.4 Å². The average molecular weight is 241 g/mol. The van der Waals surface area contributed by atoms with Crippen molar-refractivity contribution in [1.29, 1.82) is 0 Å².